The van der Waals surface area contributed by atoms with Gasteiger partial charge in [-0.1, -0.05) is 30.3 Å². The Morgan fingerprint density at radius 2 is 1.67 bits per heavy atom. The monoisotopic (exact) mass is 286 g/mol. The molecule has 0 aliphatic carbocycles. The van der Waals surface area contributed by atoms with Crippen molar-refractivity contribution in [3.8, 4) is 11.5 Å². The number of aliphatic hydroxyl groups excluding tert-OH is 1. The van der Waals surface area contributed by atoms with Gasteiger partial charge in [0.1, 0.15) is 0 Å². The molecule has 0 saturated heterocycles. The van der Waals surface area contributed by atoms with E-state index in [1.54, 1.807) is 31.4 Å². The molecule has 1 N–H and O–H groups in total. The fourth-order valence-electron chi connectivity index (χ4n) is 2.20. The Balaban J connectivity index is 2.52. The molecule has 110 valence electrons. The number of carbonyl (C=O) groups is 1. The van der Waals surface area contributed by atoms with E-state index in [1.807, 2.05) is 18.2 Å². The van der Waals surface area contributed by atoms with Crippen LogP contribution in [-0.4, -0.2) is 31.7 Å². The Kier molecular flexibility index (Phi) is 4.95. The summed E-state index contributed by atoms with van der Waals surface area (Å²) in [5.41, 5.74) is 1.86. The molecule has 0 spiro atoms. The van der Waals surface area contributed by atoms with E-state index in [2.05, 4.69) is 0 Å². The number of hydrogen-bond acceptors (Lipinski definition) is 4. The topological polar surface area (TPSA) is 55.8 Å². The first kappa shape index (κ1) is 15.1. The quantitative estimate of drug-likeness (QED) is 0.829. The Hall–Kier alpha value is -2.33. The maximum atomic E-state index is 12.6. The van der Waals surface area contributed by atoms with E-state index >= 15 is 0 Å². The summed E-state index contributed by atoms with van der Waals surface area (Å²) in [6.45, 7) is -0.0372. The molecular weight excluding hydrogens is 268 g/mol. The van der Waals surface area contributed by atoms with Crippen molar-refractivity contribution < 1.29 is 19.4 Å². The van der Waals surface area contributed by atoms with E-state index < -0.39 is 0 Å². The van der Waals surface area contributed by atoms with Crippen LogP contribution in [0, 0.1) is 0 Å². The summed E-state index contributed by atoms with van der Waals surface area (Å²) in [7, 11) is 3.07. The SMILES string of the molecule is COc1cc(CCO)c(C(=O)c2ccccc2)cc1OC. The Bertz CT molecular complexity index is 620. The van der Waals surface area contributed by atoms with E-state index in [4.69, 9.17) is 9.47 Å². The van der Waals surface area contributed by atoms with Gasteiger partial charge in [-0.2, -0.15) is 0 Å². The lowest BCUT2D eigenvalue weighted by Crippen LogP contribution is -2.08. The van der Waals surface area contributed by atoms with Crippen LogP contribution < -0.4 is 9.47 Å². The molecule has 2 aromatic rings. The lowest BCUT2D eigenvalue weighted by Gasteiger charge is -2.14. The molecule has 2 rings (SSSR count). The van der Waals surface area contributed by atoms with Gasteiger partial charge in [-0.15, -0.1) is 0 Å². The molecule has 0 aromatic heterocycles. The zero-order valence-electron chi connectivity index (χ0n) is 12.1. The van der Waals surface area contributed by atoms with Crippen LogP contribution in [0.25, 0.3) is 0 Å². The van der Waals surface area contributed by atoms with Crippen LogP contribution in [0.4, 0.5) is 0 Å². The normalized spacial score (nSPS) is 10.2. The van der Waals surface area contributed by atoms with Gasteiger partial charge in [0.25, 0.3) is 0 Å². The van der Waals surface area contributed by atoms with Crippen molar-refractivity contribution in [1.29, 1.82) is 0 Å². The highest BCUT2D eigenvalue weighted by atomic mass is 16.5. The van der Waals surface area contributed by atoms with Crippen molar-refractivity contribution in [1.82, 2.24) is 0 Å². The molecule has 0 bridgehead atoms. The largest absolute Gasteiger partial charge is 0.493 e. The third kappa shape index (κ3) is 3.23. The Labute approximate surface area is 123 Å². The molecule has 2 aromatic carbocycles. The maximum Gasteiger partial charge on any atom is 0.193 e. The molecule has 21 heavy (non-hydrogen) atoms. The van der Waals surface area contributed by atoms with Crippen LogP contribution in [-0.2, 0) is 6.42 Å². The average Bonchev–Trinajstić information content (AvgIpc) is 2.54. The van der Waals surface area contributed by atoms with Gasteiger partial charge >= 0.3 is 0 Å². The summed E-state index contributed by atoms with van der Waals surface area (Å²) >= 11 is 0. The van der Waals surface area contributed by atoms with Gasteiger partial charge in [0.2, 0.25) is 0 Å². The highest BCUT2D eigenvalue weighted by Crippen LogP contribution is 2.32. The van der Waals surface area contributed by atoms with Gasteiger partial charge in [-0.3, -0.25) is 4.79 Å². The number of methoxy groups -OCH3 is 2. The minimum atomic E-state index is -0.0972. The average molecular weight is 286 g/mol. The standard InChI is InChI=1S/C17H18O4/c1-20-15-10-13(8-9-18)14(11-16(15)21-2)17(19)12-6-4-3-5-7-12/h3-7,10-11,18H,8-9H2,1-2H3. The van der Waals surface area contributed by atoms with Crippen molar-refractivity contribution in [2.45, 2.75) is 6.42 Å². The third-order valence-corrected chi connectivity index (χ3v) is 3.27. The molecule has 0 atom stereocenters. The van der Waals surface area contributed by atoms with E-state index in [-0.39, 0.29) is 12.4 Å². The second kappa shape index (κ2) is 6.90. The fraction of sp³-hybridized carbons (Fsp3) is 0.235. The number of benzene rings is 2. The van der Waals surface area contributed by atoms with E-state index in [1.165, 1.54) is 7.11 Å². The summed E-state index contributed by atoms with van der Waals surface area (Å²) in [5, 5.41) is 9.20. The number of hydrogen-bond donors (Lipinski definition) is 1. The van der Waals surface area contributed by atoms with Crippen molar-refractivity contribution in [3.63, 3.8) is 0 Å². The zero-order chi connectivity index (χ0) is 15.2. The van der Waals surface area contributed by atoms with Gasteiger partial charge in [-0.05, 0) is 24.1 Å². The van der Waals surface area contributed by atoms with Crippen molar-refractivity contribution >= 4 is 5.78 Å². The van der Waals surface area contributed by atoms with Crippen LogP contribution in [0.5, 0.6) is 11.5 Å². The molecule has 0 unspecified atom stereocenters. The number of aliphatic hydroxyl groups is 1. The van der Waals surface area contributed by atoms with E-state index in [9.17, 15) is 9.90 Å². The number of ether oxygens (including phenoxy) is 2. The van der Waals surface area contributed by atoms with Gasteiger partial charge in [0, 0.05) is 17.7 Å². The first-order valence-electron chi connectivity index (χ1n) is 6.66. The van der Waals surface area contributed by atoms with Gasteiger partial charge in [0.05, 0.1) is 14.2 Å². The first-order chi connectivity index (χ1) is 10.2. The smallest absolute Gasteiger partial charge is 0.193 e. The molecule has 0 aliphatic heterocycles. The highest BCUT2D eigenvalue weighted by molar-refractivity contribution is 6.10. The van der Waals surface area contributed by atoms with Crippen LogP contribution in [0.3, 0.4) is 0 Å². The summed E-state index contributed by atoms with van der Waals surface area (Å²) < 4.78 is 10.5. The van der Waals surface area contributed by atoms with Crippen LogP contribution >= 0.6 is 0 Å². The second-order valence-corrected chi connectivity index (χ2v) is 4.53. The fourth-order valence-corrected chi connectivity index (χ4v) is 2.20. The van der Waals surface area contributed by atoms with Crippen LogP contribution in [0.15, 0.2) is 42.5 Å². The second-order valence-electron chi connectivity index (χ2n) is 4.53. The maximum absolute atomic E-state index is 12.6. The number of rotatable bonds is 6. The van der Waals surface area contributed by atoms with Crippen LogP contribution in [0.1, 0.15) is 21.5 Å². The van der Waals surface area contributed by atoms with Crippen molar-refractivity contribution in [3.05, 3.63) is 59.2 Å². The lowest BCUT2D eigenvalue weighted by molar-refractivity contribution is 0.103. The zero-order valence-corrected chi connectivity index (χ0v) is 12.1. The minimum Gasteiger partial charge on any atom is -0.493 e. The lowest BCUT2D eigenvalue weighted by atomic mass is 9.96. The molecule has 0 fully saturated rings. The molecular formula is C17H18O4. The molecule has 0 radical (unpaired) electrons. The summed E-state index contributed by atoms with van der Waals surface area (Å²) in [5.74, 6) is 0.948. The molecule has 4 heteroatoms. The summed E-state index contributed by atoms with van der Waals surface area (Å²) in [4.78, 5) is 12.6. The van der Waals surface area contributed by atoms with Gasteiger partial charge < -0.3 is 14.6 Å². The number of ketones is 1. The third-order valence-electron chi connectivity index (χ3n) is 3.27. The predicted octanol–water partition coefficient (Wildman–Crippen LogP) is 2.47. The van der Waals surface area contributed by atoms with Gasteiger partial charge in [-0.25, -0.2) is 0 Å². The molecule has 4 nitrogen and oxygen atoms in total. The first-order valence-corrected chi connectivity index (χ1v) is 6.66. The number of carbonyl (C=O) groups excluding carboxylic acids is 1. The molecule has 0 aliphatic rings. The van der Waals surface area contributed by atoms with Crippen LogP contribution in [0.2, 0.25) is 0 Å². The Morgan fingerprint density at radius 3 is 2.24 bits per heavy atom. The highest BCUT2D eigenvalue weighted by Gasteiger charge is 2.17. The molecule has 0 saturated carbocycles. The predicted molar refractivity (Wildman–Crippen MR) is 80.2 cm³/mol. The van der Waals surface area contributed by atoms with Crippen molar-refractivity contribution in [2.24, 2.45) is 0 Å². The molecule has 0 heterocycles. The molecule has 0 amide bonds. The summed E-state index contributed by atoms with van der Waals surface area (Å²) in [6.07, 6.45) is 0.383. The Morgan fingerprint density at radius 1 is 1.05 bits per heavy atom. The van der Waals surface area contributed by atoms with Gasteiger partial charge in [0.15, 0.2) is 17.3 Å². The minimum absolute atomic E-state index is 0.0372. The van der Waals surface area contributed by atoms with E-state index in [0.29, 0.717) is 29.0 Å². The van der Waals surface area contributed by atoms with Crippen molar-refractivity contribution in [2.75, 3.05) is 20.8 Å². The summed E-state index contributed by atoms with van der Waals surface area (Å²) in [6, 6.07) is 12.4. The van der Waals surface area contributed by atoms with E-state index in [0.717, 1.165) is 5.56 Å².